The Morgan fingerprint density at radius 3 is 2.68 bits per heavy atom. The number of rotatable bonds is 3. The van der Waals surface area contributed by atoms with Gasteiger partial charge < -0.3 is 10.0 Å². The van der Waals surface area contributed by atoms with Crippen molar-refractivity contribution >= 4 is 16.6 Å². The molecule has 2 fully saturated rings. The second-order valence-electron chi connectivity index (χ2n) is 8.29. The maximum atomic E-state index is 9.80. The number of hydrogen-bond donors (Lipinski definition) is 1. The van der Waals surface area contributed by atoms with Crippen molar-refractivity contribution in [3.8, 4) is 5.75 Å². The summed E-state index contributed by atoms with van der Waals surface area (Å²) in [4.78, 5) is 9.64. The fourth-order valence-electron chi connectivity index (χ4n) is 5.12. The van der Waals surface area contributed by atoms with E-state index in [0.29, 0.717) is 11.3 Å². The number of hydrogen-bond acceptors (Lipinski definition) is 4. The van der Waals surface area contributed by atoms with E-state index >= 15 is 0 Å². The van der Waals surface area contributed by atoms with E-state index < -0.39 is 0 Å². The monoisotopic (exact) mass is 373 g/mol. The molecule has 4 nitrogen and oxygen atoms in total. The van der Waals surface area contributed by atoms with E-state index in [2.05, 4.69) is 45.1 Å². The Morgan fingerprint density at radius 1 is 0.929 bits per heavy atom. The third-order valence-electron chi connectivity index (χ3n) is 6.67. The summed E-state index contributed by atoms with van der Waals surface area (Å²) in [6, 6.07) is 18.5. The van der Waals surface area contributed by atoms with Gasteiger partial charge in [-0.15, -0.1) is 0 Å². The van der Waals surface area contributed by atoms with Gasteiger partial charge in [-0.2, -0.15) is 0 Å². The number of anilines is 1. The lowest BCUT2D eigenvalue weighted by Gasteiger charge is -2.46. The molecule has 28 heavy (non-hydrogen) atoms. The number of phenolic OH excluding ortho intramolecular Hbond substituents is 1. The third-order valence-corrected chi connectivity index (χ3v) is 6.67. The van der Waals surface area contributed by atoms with Crippen LogP contribution >= 0.6 is 0 Å². The molecule has 0 amide bonds. The number of benzene rings is 2. The third kappa shape index (κ3) is 3.22. The maximum absolute atomic E-state index is 9.80. The molecule has 1 N–H and O–H groups in total. The zero-order valence-corrected chi connectivity index (χ0v) is 16.2. The first-order valence-corrected chi connectivity index (χ1v) is 10.3. The number of phenols is 1. The molecule has 4 heteroatoms. The van der Waals surface area contributed by atoms with Gasteiger partial charge in [0.2, 0.25) is 0 Å². The molecule has 2 saturated heterocycles. The van der Waals surface area contributed by atoms with Crippen molar-refractivity contribution in [3.05, 3.63) is 66.4 Å². The van der Waals surface area contributed by atoms with Gasteiger partial charge in [-0.1, -0.05) is 18.2 Å². The minimum Gasteiger partial charge on any atom is -0.508 e. The maximum Gasteiger partial charge on any atom is 0.115 e. The highest BCUT2D eigenvalue weighted by Crippen LogP contribution is 2.40. The lowest BCUT2D eigenvalue weighted by Crippen LogP contribution is -2.51. The number of aromatic nitrogens is 1. The first kappa shape index (κ1) is 17.5. The molecule has 2 aliphatic rings. The molecule has 0 saturated carbocycles. The summed E-state index contributed by atoms with van der Waals surface area (Å²) in [5, 5.41) is 11.0. The summed E-state index contributed by atoms with van der Waals surface area (Å²) in [6.45, 7) is 4.30. The minimum absolute atomic E-state index is 0.320. The van der Waals surface area contributed by atoms with E-state index in [1.54, 1.807) is 6.07 Å². The van der Waals surface area contributed by atoms with Gasteiger partial charge in [0.1, 0.15) is 5.75 Å². The summed E-state index contributed by atoms with van der Waals surface area (Å²) in [5.74, 6) is 0.367. The normalized spacial score (nSPS) is 19.5. The molecule has 3 heterocycles. The quantitative estimate of drug-likeness (QED) is 0.730. The van der Waals surface area contributed by atoms with Crippen molar-refractivity contribution in [1.29, 1.82) is 0 Å². The van der Waals surface area contributed by atoms with Crippen molar-refractivity contribution in [2.24, 2.45) is 0 Å². The van der Waals surface area contributed by atoms with Crippen LogP contribution in [0, 0.1) is 0 Å². The van der Waals surface area contributed by atoms with E-state index in [-0.39, 0.29) is 0 Å². The fourth-order valence-corrected chi connectivity index (χ4v) is 5.12. The molecular weight excluding hydrogens is 346 g/mol. The van der Waals surface area contributed by atoms with Gasteiger partial charge >= 0.3 is 0 Å². The summed E-state index contributed by atoms with van der Waals surface area (Å²) in [5.41, 5.74) is 3.91. The van der Waals surface area contributed by atoms with Crippen LogP contribution in [0.1, 0.15) is 31.2 Å². The van der Waals surface area contributed by atoms with Crippen molar-refractivity contribution in [2.45, 2.75) is 37.8 Å². The van der Waals surface area contributed by atoms with Crippen LogP contribution in [0.4, 0.5) is 5.69 Å². The Kier molecular flexibility index (Phi) is 4.44. The van der Waals surface area contributed by atoms with Crippen LogP contribution in [0.5, 0.6) is 5.75 Å². The first-order chi connectivity index (χ1) is 13.7. The standard InChI is InChI=1S/C24H27N3O/c28-22-6-1-4-19(16-22)18-27-13-3-9-24(27)10-14-26(15-11-24)21-7-8-23-20(17-21)5-2-12-25-23/h1-2,4-8,12,16-17,28H,3,9-11,13-15,18H2. The van der Waals surface area contributed by atoms with Crippen molar-refractivity contribution in [2.75, 3.05) is 24.5 Å². The van der Waals surface area contributed by atoms with Crippen LogP contribution in [0.15, 0.2) is 60.8 Å². The largest absolute Gasteiger partial charge is 0.508 e. The molecule has 3 aromatic rings. The molecule has 0 radical (unpaired) electrons. The van der Waals surface area contributed by atoms with Crippen LogP contribution in [0.3, 0.4) is 0 Å². The molecule has 0 atom stereocenters. The van der Waals surface area contributed by atoms with Crippen molar-refractivity contribution in [1.82, 2.24) is 9.88 Å². The van der Waals surface area contributed by atoms with Gasteiger partial charge in [-0.25, -0.2) is 0 Å². The van der Waals surface area contributed by atoms with Gasteiger partial charge in [0.05, 0.1) is 5.52 Å². The molecule has 144 valence electrons. The van der Waals surface area contributed by atoms with E-state index in [9.17, 15) is 5.11 Å². The van der Waals surface area contributed by atoms with Gasteiger partial charge in [0.25, 0.3) is 0 Å². The Bertz CT molecular complexity index is 978. The van der Waals surface area contributed by atoms with E-state index in [1.807, 2.05) is 24.4 Å². The summed E-state index contributed by atoms with van der Waals surface area (Å²) in [7, 11) is 0. The van der Waals surface area contributed by atoms with Crippen LogP contribution in [-0.2, 0) is 6.54 Å². The first-order valence-electron chi connectivity index (χ1n) is 10.3. The van der Waals surface area contributed by atoms with E-state index in [1.165, 1.54) is 42.3 Å². The predicted molar refractivity (Wildman–Crippen MR) is 114 cm³/mol. The summed E-state index contributed by atoms with van der Waals surface area (Å²) in [6.07, 6.45) is 6.84. The summed E-state index contributed by atoms with van der Waals surface area (Å²) >= 11 is 0. The van der Waals surface area contributed by atoms with E-state index in [4.69, 9.17) is 0 Å². The van der Waals surface area contributed by atoms with Gasteiger partial charge in [0, 0.05) is 42.4 Å². The number of likely N-dealkylation sites (tertiary alicyclic amines) is 1. The second-order valence-corrected chi connectivity index (χ2v) is 8.29. The minimum atomic E-state index is 0.320. The number of nitrogens with zero attached hydrogens (tertiary/aromatic N) is 3. The van der Waals surface area contributed by atoms with Crippen LogP contribution in [0.25, 0.3) is 10.9 Å². The van der Waals surface area contributed by atoms with Gasteiger partial charge in [0.15, 0.2) is 0 Å². The molecule has 2 aliphatic heterocycles. The summed E-state index contributed by atoms with van der Waals surface area (Å²) < 4.78 is 0. The average Bonchev–Trinajstić information content (AvgIpc) is 3.10. The van der Waals surface area contributed by atoms with Crippen LogP contribution < -0.4 is 4.90 Å². The molecular formula is C24H27N3O. The molecule has 2 aromatic carbocycles. The fraction of sp³-hybridized carbons (Fsp3) is 0.375. The molecule has 5 rings (SSSR count). The zero-order valence-electron chi connectivity index (χ0n) is 16.2. The number of pyridine rings is 1. The topological polar surface area (TPSA) is 39.6 Å². The Labute approximate surface area is 166 Å². The smallest absolute Gasteiger partial charge is 0.115 e. The second kappa shape index (κ2) is 7.10. The van der Waals surface area contributed by atoms with Crippen LogP contribution in [-0.4, -0.2) is 40.2 Å². The Hall–Kier alpha value is -2.59. The molecule has 0 unspecified atom stereocenters. The molecule has 1 spiro atoms. The highest BCUT2D eigenvalue weighted by Gasteiger charge is 2.42. The van der Waals surface area contributed by atoms with Gasteiger partial charge in [-0.05, 0) is 74.2 Å². The van der Waals surface area contributed by atoms with Crippen molar-refractivity contribution < 1.29 is 5.11 Å². The Balaban J connectivity index is 1.30. The lowest BCUT2D eigenvalue weighted by molar-refractivity contribution is 0.0997. The predicted octanol–water partition coefficient (Wildman–Crippen LogP) is 4.58. The number of piperidine rings is 1. The zero-order chi connectivity index (χ0) is 19.0. The average molecular weight is 374 g/mol. The highest BCUT2D eigenvalue weighted by molar-refractivity contribution is 5.82. The van der Waals surface area contributed by atoms with Crippen molar-refractivity contribution in [3.63, 3.8) is 0 Å². The number of aromatic hydroxyl groups is 1. The van der Waals surface area contributed by atoms with Crippen LogP contribution in [0.2, 0.25) is 0 Å². The van der Waals surface area contributed by atoms with E-state index in [0.717, 1.165) is 31.7 Å². The number of fused-ring (bicyclic) bond motifs is 1. The van der Waals surface area contributed by atoms with Gasteiger partial charge in [-0.3, -0.25) is 9.88 Å². The lowest BCUT2D eigenvalue weighted by atomic mass is 9.84. The highest BCUT2D eigenvalue weighted by atomic mass is 16.3. The Morgan fingerprint density at radius 2 is 1.82 bits per heavy atom. The molecule has 0 bridgehead atoms. The molecule has 0 aliphatic carbocycles. The molecule has 1 aromatic heterocycles. The SMILES string of the molecule is Oc1cccc(CN2CCCC23CCN(c2ccc4ncccc4c2)CC3)c1.